The molecule has 0 spiro atoms. The van der Waals surface area contributed by atoms with E-state index < -0.39 is 0 Å². The molecule has 0 unspecified atom stereocenters. The lowest BCUT2D eigenvalue weighted by Crippen LogP contribution is -2.25. The van der Waals surface area contributed by atoms with Crippen LogP contribution in [0.2, 0.25) is 0 Å². The van der Waals surface area contributed by atoms with Crippen LogP contribution in [-0.2, 0) is 9.53 Å². The minimum atomic E-state index is 0. The van der Waals surface area contributed by atoms with Crippen LogP contribution in [0.25, 0.3) is 0 Å². The van der Waals surface area contributed by atoms with E-state index in [4.69, 9.17) is 4.74 Å². The van der Waals surface area contributed by atoms with Gasteiger partial charge in [0.15, 0.2) is 0 Å². The van der Waals surface area contributed by atoms with Gasteiger partial charge in [-0.15, -0.1) is 0 Å². The smallest absolute Gasteiger partial charge is 0.222 e. The Balaban J connectivity index is -0.000000187. The number of ether oxygens (including phenoxy) is 1. The molecule has 0 aromatic carbocycles. The fourth-order valence-electron chi connectivity index (χ4n) is 1.07. The van der Waals surface area contributed by atoms with Crippen molar-refractivity contribution in [3.63, 3.8) is 0 Å². The third kappa shape index (κ3) is 31.8. The standard InChI is InChI=1S/C11H23NO2.C3H8.C2H6.H2/c1-3-5-6-9-14-10-7-11(13)12-8-4-2;1-3-2;1-2;/h3-10H2,1-2H3,(H,12,13);3H2,1-2H3;1-2H3;1H. The maximum Gasteiger partial charge on any atom is 0.222 e. The highest BCUT2D eigenvalue weighted by atomic mass is 16.5. The minimum absolute atomic E-state index is 0. The van der Waals surface area contributed by atoms with E-state index in [-0.39, 0.29) is 7.33 Å². The molecular formula is C16H39NO2. The Morgan fingerprint density at radius 1 is 1.00 bits per heavy atom. The lowest BCUT2D eigenvalue weighted by atomic mass is 10.3. The van der Waals surface area contributed by atoms with E-state index in [9.17, 15) is 4.79 Å². The Morgan fingerprint density at radius 3 is 2.05 bits per heavy atom. The van der Waals surface area contributed by atoms with Gasteiger partial charge in [-0.1, -0.05) is 60.8 Å². The molecule has 0 rings (SSSR count). The fraction of sp³-hybridized carbons (Fsp3) is 0.938. The van der Waals surface area contributed by atoms with Crippen LogP contribution in [0, 0.1) is 0 Å². The van der Waals surface area contributed by atoms with Gasteiger partial charge in [-0.25, -0.2) is 0 Å². The Bertz CT molecular complexity index is 155. The summed E-state index contributed by atoms with van der Waals surface area (Å²) in [7, 11) is 0. The summed E-state index contributed by atoms with van der Waals surface area (Å²) in [5.74, 6) is 0.0994. The van der Waals surface area contributed by atoms with E-state index >= 15 is 0 Å². The van der Waals surface area contributed by atoms with E-state index in [0.717, 1.165) is 26.0 Å². The summed E-state index contributed by atoms with van der Waals surface area (Å²) in [5, 5.41) is 2.82. The molecule has 3 nitrogen and oxygen atoms in total. The number of rotatable bonds is 9. The highest BCUT2D eigenvalue weighted by Gasteiger charge is 1.98. The van der Waals surface area contributed by atoms with E-state index in [2.05, 4.69) is 26.1 Å². The average Bonchev–Trinajstić information content (AvgIpc) is 2.43. The number of nitrogens with one attached hydrogen (secondary N) is 1. The van der Waals surface area contributed by atoms with Crippen molar-refractivity contribution in [1.29, 1.82) is 0 Å². The van der Waals surface area contributed by atoms with E-state index in [1.54, 1.807) is 0 Å². The first-order valence-electron chi connectivity index (χ1n) is 8.07. The van der Waals surface area contributed by atoms with Crippen LogP contribution >= 0.6 is 0 Å². The minimum Gasteiger partial charge on any atom is -0.381 e. The van der Waals surface area contributed by atoms with Crippen LogP contribution in [-0.4, -0.2) is 25.7 Å². The number of amides is 1. The molecule has 0 aliphatic heterocycles. The zero-order valence-electron chi connectivity index (χ0n) is 14.2. The van der Waals surface area contributed by atoms with Crippen molar-refractivity contribution in [2.75, 3.05) is 19.8 Å². The van der Waals surface area contributed by atoms with Crippen molar-refractivity contribution in [2.45, 2.75) is 80.1 Å². The Morgan fingerprint density at radius 2 is 1.58 bits per heavy atom. The molecule has 3 heteroatoms. The molecule has 0 aromatic heterocycles. The van der Waals surface area contributed by atoms with Crippen LogP contribution < -0.4 is 5.32 Å². The molecule has 0 aromatic rings. The molecule has 0 aliphatic rings. The molecule has 1 N–H and O–H groups in total. The third-order valence-electron chi connectivity index (χ3n) is 1.94. The van der Waals surface area contributed by atoms with Crippen LogP contribution in [0.1, 0.15) is 81.5 Å². The van der Waals surface area contributed by atoms with Crippen molar-refractivity contribution < 1.29 is 11.0 Å². The highest BCUT2D eigenvalue weighted by Crippen LogP contribution is 1.94. The zero-order valence-corrected chi connectivity index (χ0v) is 14.2. The number of unbranched alkanes of at least 4 members (excludes halogenated alkanes) is 2. The first-order chi connectivity index (χ1) is 9.22. The summed E-state index contributed by atoms with van der Waals surface area (Å²) in [6, 6.07) is 0. The second kappa shape index (κ2) is 26.1. The molecule has 0 bridgehead atoms. The lowest BCUT2D eigenvalue weighted by Gasteiger charge is -2.04. The van der Waals surface area contributed by atoms with E-state index in [0.29, 0.717) is 13.0 Å². The molecule has 0 aliphatic carbocycles. The molecule has 0 saturated heterocycles. The van der Waals surface area contributed by atoms with E-state index in [1.807, 2.05) is 20.8 Å². The number of hydrogen-bond acceptors (Lipinski definition) is 2. The van der Waals surface area contributed by atoms with Gasteiger partial charge in [0.2, 0.25) is 5.91 Å². The van der Waals surface area contributed by atoms with Crippen molar-refractivity contribution >= 4 is 5.91 Å². The SMILES string of the molecule is CC.CCC.CCCCCOCCC(=O)NCCC.[HH]. The van der Waals surface area contributed by atoms with Crippen LogP contribution in [0.4, 0.5) is 0 Å². The summed E-state index contributed by atoms with van der Waals surface area (Å²) in [5.41, 5.74) is 0. The van der Waals surface area contributed by atoms with Gasteiger partial charge in [-0.3, -0.25) is 4.79 Å². The monoisotopic (exact) mass is 277 g/mol. The summed E-state index contributed by atoms with van der Waals surface area (Å²) in [4.78, 5) is 11.1. The molecule has 0 radical (unpaired) electrons. The maximum atomic E-state index is 11.1. The van der Waals surface area contributed by atoms with Gasteiger partial charge in [-0.05, 0) is 12.8 Å². The first-order valence-corrected chi connectivity index (χ1v) is 8.07. The zero-order chi connectivity index (χ0) is 15.4. The van der Waals surface area contributed by atoms with E-state index in [1.165, 1.54) is 19.3 Å². The van der Waals surface area contributed by atoms with Gasteiger partial charge in [0.05, 0.1) is 6.61 Å². The quantitative estimate of drug-likeness (QED) is 0.615. The van der Waals surface area contributed by atoms with Gasteiger partial charge >= 0.3 is 0 Å². The van der Waals surface area contributed by atoms with Crippen molar-refractivity contribution in [2.24, 2.45) is 0 Å². The number of hydrogen-bond donors (Lipinski definition) is 1. The molecule has 0 saturated carbocycles. The average molecular weight is 277 g/mol. The molecule has 0 atom stereocenters. The van der Waals surface area contributed by atoms with Crippen LogP contribution in [0.5, 0.6) is 0 Å². The summed E-state index contributed by atoms with van der Waals surface area (Å²) in [6.45, 7) is 14.6. The van der Waals surface area contributed by atoms with Gasteiger partial charge in [0.25, 0.3) is 0 Å². The molecule has 19 heavy (non-hydrogen) atoms. The second-order valence-corrected chi connectivity index (χ2v) is 4.13. The Labute approximate surface area is 123 Å². The molecule has 0 heterocycles. The second-order valence-electron chi connectivity index (χ2n) is 4.13. The normalized spacial score (nSPS) is 8.74. The van der Waals surface area contributed by atoms with Crippen molar-refractivity contribution in [1.82, 2.24) is 5.32 Å². The molecule has 0 fully saturated rings. The largest absolute Gasteiger partial charge is 0.381 e. The summed E-state index contributed by atoms with van der Waals surface area (Å²) < 4.78 is 5.33. The predicted molar refractivity (Wildman–Crippen MR) is 87.7 cm³/mol. The predicted octanol–water partition coefficient (Wildman–Crippen LogP) is 4.80. The van der Waals surface area contributed by atoms with Gasteiger partial charge in [-0.2, -0.15) is 0 Å². The van der Waals surface area contributed by atoms with Crippen LogP contribution in [0.15, 0.2) is 0 Å². The Hall–Kier alpha value is -0.570. The van der Waals surface area contributed by atoms with Gasteiger partial charge in [0.1, 0.15) is 0 Å². The molecule has 1 amide bonds. The number of carbonyl (C=O) groups excluding carboxylic acids is 1. The fourth-order valence-corrected chi connectivity index (χ4v) is 1.07. The maximum absolute atomic E-state index is 11.1. The lowest BCUT2D eigenvalue weighted by molar-refractivity contribution is -0.122. The summed E-state index contributed by atoms with van der Waals surface area (Å²) >= 11 is 0. The first kappa shape index (κ1) is 23.5. The van der Waals surface area contributed by atoms with Gasteiger partial charge in [0, 0.05) is 21.0 Å². The van der Waals surface area contributed by atoms with Gasteiger partial charge < -0.3 is 10.1 Å². The Kier molecular flexibility index (Phi) is 32.3. The molecular weight excluding hydrogens is 238 g/mol. The highest BCUT2D eigenvalue weighted by molar-refractivity contribution is 5.75. The third-order valence-corrected chi connectivity index (χ3v) is 1.94. The molecule has 120 valence electrons. The van der Waals surface area contributed by atoms with Crippen molar-refractivity contribution in [3.8, 4) is 0 Å². The van der Waals surface area contributed by atoms with Crippen LogP contribution in [0.3, 0.4) is 0 Å². The number of carbonyl (C=O) groups is 1. The topological polar surface area (TPSA) is 38.3 Å². The summed E-state index contributed by atoms with van der Waals surface area (Å²) in [6.07, 6.45) is 6.25. The van der Waals surface area contributed by atoms with Crippen molar-refractivity contribution in [3.05, 3.63) is 0 Å².